The van der Waals surface area contributed by atoms with Gasteiger partial charge in [0.05, 0.1) is 6.61 Å². The highest BCUT2D eigenvalue weighted by atomic mass is 16.5. The van der Waals surface area contributed by atoms with Crippen LogP contribution < -0.4 is 0 Å². The van der Waals surface area contributed by atoms with E-state index in [4.69, 9.17) is 4.74 Å². The maximum atomic E-state index is 11.4. The van der Waals surface area contributed by atoms with Crippen LogP contribution in [0.1, 0.15) is 53.4 Å². The summed E-state index contributed by atoms with van der Waals surface area (Å²) in [5, 5.41) is 0. The molecule has 1 fully saturated rings. The molecule has 0 amide bonds. The van der Waals surface area contributed by atoms with E-state index in [9.17, 15) is 4.79 Å². The van der Waals surface area contributed by atoms with Crippen molar-refractivity contribution >= 4 is 5.97 Å². The van der Waals surface area contributed by atoms with Crippen molar-refractivity contribution in [3.63, 3.8) is 0 Å². The molecule has 1 aliphatic rings. The van der Waals surface area contributed by atoms with Crippen molar-refractivity contribution in [2.24, 2.45) is 17.3 Å². The highest BCUT2D eigenvalue weighted by Gasteiger charge is 2.42. The van der Waals surface area contributed by atoms with Gasteiger partial charge in [-0.15, -0.1) is 0 Å². The van der Waals surface area contributed by atoms with Crippen molar-refractivity contribution in [2.45, 2.75) is 53.4 Å². The molecule has 17 heavy (non-hydrogen) atoms. The zero-order valence-corrected chi connectivity index (χ0v) is 11.7. The molecule has 0 aromatic carbocycles. The van der Waals surface area contributed by atoms with E-state index in [2.05, 4.69) is 20.4 Å². The Morgan fingerprint density at radius 2 is 2.18 bits per heavy atom. The summed E-state index contributed by atoms with van der Waals surface area (Å²) in [5.74, 6) is 0.936. The molecule has 2 heteroatoms. The second-order valence-corrected chi connectivity index (χ2v) is 6.16. The maximum absolute atomic E-state index is 11.4. The number of hydrogen-bond donors (Lipinski definition) is 0. The maximum Gasteiger partial charge on any atom is 0.306 e. The van der Waals surface area contributed by atoms with Crippen LogP contribution in [0.5, 0.6) is 0 Å². The normalized spacial score (nSPS) is 27.7. The molecule has 1 saturated carbocycles. The third-order valence-electron chi connectivity index (χ3n) is 3.95. The van der Waals surface area contributed by atoms with E-state index < -0.39 is 0 Å². The number of ether oxygens (including phenoxy) is 1. The molecule has 0 heterocycles. The van der Waals surface area contributed by atoms with Crippen LogP contribution in [0.4, 0.5) is 0 Å². The first-order valence-electron chi connectivity index (χ1n) is 6.66. The fourth-order valence-corrected chi connectivity index (χ4v) is 2.71. The molecule has 0 bridgehead atoms. The highest BCUT2D eigenvalue weighted by molar-refractivity contribution is 5.69. The van der Waals surface area contributed by atoms with Crippen LogP contribution in [-0.2, 0) is 9.53 Å². The molecule has 0 radical (unpaired) electrons. The number of carbonyl (C=O) groups excluding carboxylic acids is 1. The van der Waals surface area contributed by atoms with Crippen molar-refractivity contribution < 1.29 is 9.53 Å². The summed E-state index contributed by atoms with van der Waals surface area (Å²) in [6.07, 6.45) is 3.97. The minimum absolute atomic E-state index is 0.0604. The Labute approximate surface area is 105 Å². The zero-order chi connectivity index (χ0) is 13.1. The van der Waals surface area contributed by atoms with Crippen LogP contribution in [-0.4, -0.2) is 12.6 Å². The summed E-state index contributed by atoms with van der Waals surface area (Å²) >= 11 is 0. The van der Waals surface area contributed by atoms with Crippen molar-refractivity contribution in [2.75, 3.05) is 6.61 Å². The molecule has 0 saturated heterocycles. The van der Waals surface area contributed by atoms with Gasteiger partial charge < -0.3 is 4.74 Å². The Hall–Kier alpha value is -0.790. The number of carbonyl (C=O) groups is 1. The first kappa shape index (κ1) is 14.3. The molecule has 2 nitrogen and oxygen atoms in total. The number of allylic oxidation sites excluding steroid dienone is 1. The van der Waals surface area contributed by atoms with Gasteiger partial charge in [0.1, 0.15) is 0 Å². The molecular formula is C15H26O2. The quantitative estimate of drug-likeness (QED) is 0.517. The summed E-state index contributed by atoms with van der Waals surface area (Å²) in [6.45, 7) is 13.1. The summed E-state index contributed by atoms with van der Waals surface area (Å²) in [5.41, 5.74) is 1.58. The second-order valence-electron chi connectivity index (χ2n) is 6.16. The molecule has 0 aromatic heterocycles. The molecule has 0 aromatic rings. The van der Waals surface area contributed by atoms with Gasteiger partial charge in [-0.3, -0.25) is 4.79 Å². The van der Waals surface area contributed by atoms with Crippen LogP contribution in [0.3, 0.4) is 0 Å². The third kappa shape index (κ3) is 3.86. The summed E-state index contributed by atoms with van der Waals surface area (Å²) < 4.78 is 5.28. The van der Waals surface area contributed by atoms with Crippen LogP contribution in [0.15, 0.2) is 12.2 Å². The molecule has 1 aliphatic carbocycles. The van der Waals surface area contributed by atoms with Crippen LogP contribution in [0, 0.1) is 17.3 Å². The second kappa shape index (κ2) is 5.70. The average molecular weight is 238 g/mol. The molecule has 0 aliphatic heterocycles. The van der Waals surface area contributed by atoms with Gasteiger partial charge in [0.25, 0.3) is 0 Å². The molecule has 2 atom stereocenters. The van der Waals surface area contributed by atoms with E-state index in [1.54, 1.807) is 0 Å². The lowest BCUT2D eigenvalue weighted by molar-refractivity contribution is -0.146. The number of hydrogen-bond acceptors (Lipinski definition) is 2. The lowest BCUT2D eigenvalue weighted by Gasteiger charge is -2.48. The van der Waals surface area contributed by atoms with Crippen molar-refractivity contribution in [1.29, 1.82) is 0 Å². The first-order valence-corrected chi connectivity index (χ1v) is 6.66. The van der Waals surface area contributed by atoms with E-state index >= 15 is 0 Å². The van der Waals surface area contributed by atoms with E-state index in [1.165, 1.54) is 18.4 Å². The Kier molecular flexibility index (Phi) is 4.79. The van der Waals surface area contributed by atoms with Crippen LogP contribution in [0.2, 0.25) is 0 Å². The molecule has 0 N–H and O–H groups in total. The van der Waals surface area contributed by atoms with Gasteiger partial charge in [-0.25, -0.2) is 0 Å². The lowest BCUT2D eigenvalue weighted by atomic mass is 9.57. The summed E-state index contributed by atoms with van der Waals surface area (Å²) in [6, 6.07) is 0. The standard InChI is InChI=1S/C15H26O2/c1-11(2)10-14(16)17-9-8-15(5)7-6-13(15)12(3)4/h11,13H,3,6-10H2,1-2,4-5H3. The SMILES string of the molecule is C=C(C)C1CCC1(C)CCOC(=O)CC(C)C. The lowest BCUT2D eigenvalue weighted by Crippen LogP contribution is -2.39. The summed E-state index contributed by atoms with van der Waals surface area (Å²) in [4.78, 5) is 11.4. The van der Waals surface area contributed by atoms with Crippen LogP contribution in [0.25, 0.3) is 0 Å². The Morgan fingerprint density at radius 1 is 1.53 bits per heavy atom. The van der Waals surface area contributed by atoms with Gasteiger partial charge in [0.2, 0.25) is 0 Å². The fraction of sp³-hybridized carbons (Fsp3) is 0.800. The Morgan fingerprint density at radius 3 is 2.59 bits per heavy atom. The minimum Gasteiger partial charge on any atom is -0.466 e. The van der Waals surface area contributed by atoms with E-state index in [0.717, 1.165) is 6.42 Å². The van der Waals surface area contributed by atoms with Crippen LogP contribution >= 0.6 is 0 Å². The average Bonchev–Trinajstić information content (AvgIpc) is 2.13. The Bertz CT molecular complexity index is 293. The predicted molar refractivity (Wildman–Crippen MR) is 70.7 cm³/mol. The minimum atomic E-state index is -0.0604. The third-order valence-corrected chi connectivity index (χ3v) is 3.95. The molecule has 98 valence electrons. The monoisotopic (exact) mass is 238 g/mol. The van der Waals surface area contributed by atoms with E-state index in [0.29, 0.717) is 30.3 Å². The van der Waals surface area contributed by atoms with Gasteiger partial charge in [-0.1, -0.05) is 32.9 Å². The van der Waals surface area contributed by atoms with E-state index in [1.807, 2.05) is 13.8 Å². The van der Waals surface area contributed by atoms with Crippen molar-refractivity contribution in [1.82, 2.24) is 0 Å². The van der Waals surface area contributed by atoms with E-state index in [-0.39, 0.29) is 5.97 Å². The fourth-order valence-electron chi connectivity index (χ4n) is 2.71. The molecule has 2 unspecified atom stereocenters. The zero-order valence-electron chi connectivity index (χ0n) is 11.7. The highest BCUT2D eigenvalue weighted by Crippen LogP contribution is 2.51. The summed E-state index contributed by atoms with van der Waals surface area (Å²) in [7, 11) is 0. The smallest absolute Gasteiger partial charge is 0.306 e. The van der Waals surface area contributed by atoms with Crippen molar-refractivity contribution in [3.8, 4) is 0 Å². The largest absolute Gasteiger partial charge is 0.466 e. The van der Waals surface area contributed by atoms with Crippen molar-refractivity contribution in [3.05, 3.63) is 12.2 Å². The molecule has 0 spiro atoms. The van der Waals surface area contributed by atoms with Gasteiger partial charge in [0, 0.05) is 6.42 Å². The molecular weight excluding hydrogens is 212 g/mol. The number of esters is 1. The van der Waals surface area contributed by atoms with Gasteiger partial charge >= 0.3 is 5.97 Å². The van der Waals surface area contributed by atoms with Gasteiger partial charge in [-0.05, 0) is 43.4 Å². The van der Waals surface area contributed by atoms with Gasteiger partial charge in [-0.2, -0.15) is 0 Å². The topological polar surface area (TPSA) is 26.3 Å². The first-order chi connectivity index (χ1) is 7.85. The number of rotatable bonds is 6. The predicted octanol–water partition coefficient (Wildman–Crippen LogP) is 3.96. The van der Waals surface area contributed by atoms with Gasteiger partial charge in [0.15, 0.2) is 0 Å². The molecule has 1 rings (SSSR count). The Balaban J connectivity index is 2.27.